The molecular formula is C35H48ClN5O4S. The molecule has 0 unspecified atom stereocenters. The number of carbonyl (C=O) groups is 2. The van der Waals surface area contributed by atoms with Crippen molar-refractivity contribution in [1.82, 2.24) is 24.8 Å². The van der Waals surface area contributed by atoms with E-state index in [1.54, 1.807) is 0 Å². The first-order valence-electron chi connectivity index (χ1n) is 15.7. The van der Waals surface area contributed by atoms with Crippen molar-refractivity contribution in [1.29, 1.82) is 0 Å². The number of hydrogen-bond donors (Lipinski definition) is 3. The lowest BCUT2D eigenvalue weighted by atomic mass is 9.98. The molecule has 4 rings (SSSR count). The summed E-state index contributed by atoms with van der Waals surface area (Å²) in [7, 11) is 1.93. The number of halogens is 1. The van der Waals surface area contributed by atoms with Gasteiger partial charge in [0.25, 0.3) is 5.91 Å². The number of H-pyrrole nitrogens is 1. The number of nitrogens with one attached hydrogen (secondary N) is 3. The molecular weight excluding hydrogens is 622 g/mol. The number of aromatic amines is 1. The summed E-state index contributed by atoms with van der Waals surface area (Å²) in [4.78, 5) is 28.9. The molecule has 2 heterocycles. The second kappa shape index (κ2) is 16.3. The minimum Gasteiger partial charge on any atom is -0.494 e. The van der Waals surface area contributed by atoms with E-state index in [0.717, 1.165) is 60.9 Å². The van der Waals surface area contributed by atoms with Gasteiger partial charge in [0.1, 0.15) is 17.0 Å². The summed E-state index contributed by atoms with van der Waals surface area (Å²) < 4.78 is 16.2. The fourth-order valence-electron chi connectivity index (χ4n) is 5.21. The number of alkyl carbamates (subject to hydrolysis) is 1. The third kappa shape index (κ3) is 9.22. The monoisotopic (exact) mass is 669 g/mol. The number of fused-ring (bicyclic) bond motifs is 1. The quantitative estimate of drug-likeness (QED) is 0.109. The Morgan fingerprint density at radius 1 is 1.09 bits per heavy atom. The molecule has 2 amide bonds. The van der Waals surface area contributed by atoms with Crippen LogP contribution in [0.2, 0.25) is 5.02 Å². The molecule has 11 heteroatoms. The Morgan fingerprint density at radius 3 is 2.37 bits per heavy atom. The van der Waals surface area contributed by atoms with E-state index in [-0.39, 0.29) is 5.91 Å². The van der Waals surface area contributed by atoms with Crippen LogP contribution >= 0.6 is 23.5 Å². The fraction of sp³-hybridized carbons (Fsp3) is 0.457. The van der Waals surface area contributed by atoms with Crippen LogP contribution in [-0.2, 0) is 18.2 Å². The average Bonchev–Trinajstić information content (AvgIpc) is 3.49. The lowest BCUT2D eigenvalue weighted by Gasteiger charge is -2.19. The number of para-hydroxylation sites is 1. The van der Waals surface area contributed by atoms with Gasteiger partial charge in [-0.05, 0) is 102 Å². The molecule has 0 fully saturated rings. The Balaban J connectivity index is 0.00000282. The van der Waals surface area contributed by atoms with Crippen molar-refractivity contribution in [3.05, 3.63) is 69.1 Å². The molecule has 250 valence electrons. The van der Waals surface area contributed by atoms with Crippen molar-refractivity contribution in [2.75, 3.05) is 18.9 Å². The Labute approximate surface area is 282 Å². The summed E-state index contributed by atoms with van der Waals surface area (Å²) in [6.07, 6.45) is 0.853. The highest BCUT2D eigenvalue weighted by Crippen LogP contribution is 2.36. The van der Waals surface area contributed by atoms with E-state index in [2.05, 4.69) is 26.2 Å². The molecule has 0 spiro atoms. The van der Waals surface area contributed by atoms with Gasteiger partial charge in [-0.1, -0.05) is 43.6 Å². The van der Waals surface area contributed by atoms with E-state index in [1.807, 2.05) is 98.3 Å². The van der Waals surface area contributed by atoms with Crippen LogP contribution in [0.1, 0.15) is 79.6 Å². The molecule has 0 atom stereocenters. The zero-order valence-electron chi connectivity index (χ0n) is 28.7. The van der Waals surface area contributed by atoms with Gasteiger partial charge < -0.3 is 19.8 Å². The highest BCUT2D eigenvalue weighted by Gasteiger charge is 2.22. The lowest BCUT2D eigenvalue weighted by Crippen LogP contribution is -2.34. The van der Waals surface area contributed by atoms with Crippen LogP contribution in [0.15, 0.2) is 30.3 Å². The zero-order valence-corrected chi connectivity index (χ0v) is 30.3. The predicted octanol–water partition coefficient (Wildman–Crippen LogP) is 8.40. The molecule has 0 radical (unpaired) electrons. The SMILES string of the molecule is CC.Cc1cc(OCCCc2c(C(=O)NSCCNC(=O)OC(C)(C)C)[nH]c3c(-c4c(C)nn(C)c4C)cccc23)cc(C)c1Cl. The van der Waals surface area contributed by atoms with Crippen LogP contribution in [0.3, 0.4) is 0 Å². The van der Waals surface area contributed by atoms with Gasteiger partial charge in [-0.3, -0.25) is 14.2 Å². The number of amides is 2. The van der Waals surface area contributed by atoms with Crippen LogP contribution in [0.4, 0.5) is 4.79 Å². The Hall–Kier alpha value is -3.63. The highest BCUT2D eigenvalue weighted by molar-refractivity contribution is 7.97. The van der Waals surface area contributed by atoms with Gasteiger partial charge in [0, 0.05) is 46.6 Å². The van der Waals surface area contributed by atoms with E-state index in [9.17, 15) is 9.59 Å². The molecule has 2 aromatic heterocycles. The number of nitrogens with zero attached hydrogens (tertiary/aromatic N) is 2. The Morgan fingerprint density at radius 2 is 1.76 bits per heavy atom. The third-order valence-electron chi connectivity index (χ3n) is 7.23. The summed E-state index contributed by atoms with van der Waals surface area (Å²) in [5.74, 6) is 1.03. The number of benzene rings is 2. The molecule has 46 heavy (non-hydrogen) atoms. The van der Waals surface area contributed by atoms with Crippen molar-refractivity contribution in [3.8, 4) is 16.9 Å². The number of rotatable bonds is 11. The number of carbonyl (C=O) groups excluding carboxylic acids is 2. The smallest absolute Gasteiger partial charge is 0.407 e. The maximum Gasteiger partial charge on any atom is 0.407 e. The second-order valence-electron chi connectivity index (χ2n) is 11.9. The van der Waals surface area contributed by atoms with Crippen molar-refractivity contribution < 1.29 is 19.1 Å². The summed E-state index contributed by atoms with van der Waals surface area (Å²) in [6, 6.07) is 10.0. The standard InChI is InChI=1S/C33H42ClN5O4S.C2H6/c1-19-17-23(18-20(2)28(19)34)42-15-10-13-25-24-11-9-12-26(27-21(3)37-39(8)22(27)4)29(24)36-30(25)31(40)38-44-16-14-35-32(41)43-33(5,6)7;1-2/h9,11-12,17-18,36H,10,13-16H2,1-8H3,(H,35,41)(H,38,40);1-2H3. The van der Waals surface area contributed by atoms with Gasteiger partial charge in [0.05, 0.1) is 17.8 Å². The lowest BCUT2D eigenvalue weighted by molar-refractivity contribution is 0.0531. The molecule has 0 aliphatic heterocycles. The van der Waals surface area contributed by atoms with Gasteiger partial charge in [-0.2, -0.15) is 5.10 Å². The second-order valence-corrected chi connectivity index (χ2v) is 13.2. The minimum absolute atomic E-state index is 0.228. The molecule has 3 N–H and O–H groups in total. The van der Waals surface area contributed by atoms with Crippen molar-refractivity contribution in [2.45, 2.75) is 80.8 Å². The minimum atomic E-state index is -0.568. The molecule has 0 bridgehead atoms. The largest absolute Gasteiger partial charge is 0.494 e. The van der Waals surface area contributed by atoms with Gasteiger partial charge in [0.2, 0.25) is 0 Å². The first kappa shape index (κ1) is 36.8. The summed E-state index contributed by atoms with van der Waals surface area (Å²) >= 11 is 7.56. The first-order chi connectivity index (χ1) is 21.8. The summed E-state index contributed by atoms with van der Waals surface area (Å²) in [5.41, 5.74) is 7.75. The first-order valence-corrected chi connectivity index (χ1v) is 17.1. The van der Waals surface area contributed by atoms with Crippen molar-refractivity contribution in [3.63, 3.8) is 0 Å². The highest BCUT2D eigenvalue weighted by atomic mass is 35.5. The average molecular weight is 670 g/mol. The zero-order chi connectivity index (χ0) is 34.2. The van der Waals surface area contributed by atoms with E-state index in [0.29, 0.717) is 37.4 Å². The van der Waals surface area contributed by atoms with Gasteiger partial charge in [0.15, 0.2) is 0 Å². The number of ether oxygens (including phenoxy) is 2. The van der Waals surface area contributed by atoms with E-state index in [1.165, 1.54) is 11.9 Å². The van der Waals surface area contributed by atoms with E-state index in [4.69, 9.17) is 21.1 Å². The number of aryl methyl sites for hydroxylation is 5. The van der Waals surface area contributed by atoms with Crippen molar-refractivity contribution in [2.24, 2.45) is 7.05 Å². The summed E-state index contributed by atoms with van der Waals surface area (Å²) in [6.45, 7) is 18.3. The maximum atomic E-state index is 13.5. The van der Waals surface area contributed by atoms with Crippen LogP contribution in [0.25, 0.3) is 22.0 Å². The molecule has 2 aromatic carbocycles. The molecule has 0 saturated heterocycles. The third-order valence-corrected chi connectivity index (χ3v) is 8.57. The molecule has 0 aliphatic rings. The van der Waals surface area contributed by atoms with Gasteiger partial charge in [-0.15, -0.1) is 0 Å². The maximum absolute atomic E-state index is 13.5. The number of aromatic nitrogens is 3. The number of hydrogen-bond acceptors (Lipinski definition) is 6. The molecule has 0 aliphatic carbocycles. The summed E-state index contributed by atoms with van der Waals surface area (Å²) in [5, 5.41) is 9.06. The van der Waals surface area contributed by atoms with Crippen LogP contribution in [0.5, 0.6) is 5.75 Å². The van der Waals surface area contributed by atoms with Crippen LogP contribution < -0.4 is 14.8 Å². The van der Waals surface area contributed by atoms with Crippen LogP contribution in [0, 0.1) is 27.7 Å². The topological polar surface area (TPSA) is 110 Å². The van der Waals surface area contributed by atoms with Gasteiger partial charge in [-0.25, -0.2) is 4.79 Å². The molecule has 0 saturated carbocycles. The Bertz CT molecular complexity index is 1650. The van der Waals surface area contributed by atoms with E-state index >= 15 is 0 Å². The predicted molar refractivity (Wildman–Crippen MR) is 190 cm³/mol. The fourth-order valence-corrected chi connectivity index (χ4v) is 5.86. The van der Waals surface area contributed by atoms with Gasteiger partial charge >= 0.3 is 6.09 Å². The van der Waals surface area contributed by atoms with Crippen LogP contribution in [-0.4, -0.2) is 51.3 Å². The normalized spacial score (nSPS) is 11.2. The molecule has 9 nitrogen and oxygen atoms in total. The van der Waals surface area contributed by atoms with E-state index < -0.39 is 11.7 Å². The molecule has 4 aromatic rings. The Kier molecular flexibility index (Phi) is 13.0. The van der Waals surface area contributed by atoms with Crippen molar-refractivity contribution >= 4 is 46.5 Å².